The molecule has 0 saturated heterocycles. The third-order valence-electron chi connectivity index (χ3n) is 3.02. The van der Waals surface area contributed by atoms with Crippen LogP contribution in [0, 0.1) is 11.7 Å². The molecule has 0 bridgehead atoms. The minimum absolute atomic E-state index is 0.190. The number of aliphatic hydroxyl groups is 1. The molecule has 0 saturated carbocycles. The Kier molecular flexibility index (Phi) is 6.10. The normalized spacial score (nSPS) is 13.7. The van der Waals surface area contributed by atoms with Gasteiger partial charge in [-0.2, -0.15) is 0 Å². The zero-order chi connectivity index (χ0) is 15.3. The van der Waals surface area contributed by atoms with Crippen LogP contribution in [0.1, 0.15) is 39.2 Å². The van der Waals surface area contributed by atoms with Gasteiger partial charge in [0.25, 0.3) is 0 Å². The molecule has 1 unspecified atom stereocenters. The lowest BCUT2D eigenvalue weighted by Crippen LogP contribution is -2.33. The molecule has 114 valence electrons. The second kappa shape index (κ2) is 7.15. The Bertz CT molecular complexity index is 543. The van der Waals surface area contributed by atoms with Crippen LogP contribution < -0.4 is 4.72 Å². The number of rotatable bonds is 7. The minimum Gasteiger partial charge on any atom is -0.392 e. The van der Waals surface area contributed by atoms with E-state index in [1.165, 1.54) is 6.07 Å². The summed E-state index contributed by atoms with van der Waals surface area (Å²) in [5.41, 5.74) is 0.190. The summed E-state index contributed by atoms with van der Waals surface area (Å²) >= 11 is 0. The minimum atomic E-state index is -3.82. The zero-order valence-corrected chi connectivity index (χ0v) is 12.9. The molecule has 0 aliphatic carbocycles. The molecule has 0 aliphatic rings. The first-order valence-electron chi connectivity index (χ1n) is 6.68. The maximum absolute atomic E-state index is 13.2. The van der Waals surface area contributed by atoms with Crippen LogP contribution in [0.3, 0.4) is 0 Å². The van der Waals surface area contributed by atoms with Crippen LogP contribution in [0.2, 0.25) is 0 Å². The summed E-state index contributed by atoms with van der Waals surface area (Å²) in [7, 11) is -3.82. The van der Waals surface area contributed by atoms with Gasteiger partial charge in [0, 0.05) is 6.04 Å². The molecule has 0 heterocycles. The van der Waals surface area contributed by atoms with Gasteiger partial charge in [-0.15, -0.1) is 0 Å². The largest absolute Gasteiger partial charge is 0.392 e. The van der Waals surface area contributed by atoms with Crippen molar-refractivity contribution in [2.24, 2.45) is 5.92 Å². The lowest BCUT2D eigenvalue weighted by Gasteiger charge is -2.16. The first kappa shape index (κ1) is 17.1. The summed E-state index contributed by atoms with van der Waals surface area (Å²) < 4.78 is 40.2. The average molecular weight is 303 g/mol. The van der Waals surface area contributed by atoms with Crippen molar-refractivity contribution in [3.63, 3.8) is 0 Å². The van der Waals surface area contributed by atoms with E-state index >= 15 is 0 Å². The SMILES string of the molecule is CC(C)CCC(C)NS(=O)(=O)c1cc(F)ccc1CO. The summed E-state index contributed by atoms with van der Waals surface area (Å²) in [5.74, 6) is -0.151. The van der Waals surface area contributed by atoms with Gasteiger partial charge in [0.05, 0.1) is 11.5 Å². The van der Waals surface area contributed by atoms with Crippen molar-refractivity contribution in [1.29, 1.82) is 0 Å². The summed E-state index contributed by atoms with van der Waals surface area (Å²) in [6.45, 7) is 5.46. The summed E-state index contributed by atoms with van der Waals surface area (Å²) in [6.07, 6.45) is 1.61. The molecular formula is C14H22FNO3S. The quantitative estimate of drug-likeness (QED) is 0.813. The Balaban J connectivity index is 2.91. The fourth-order valence-corrected chi connectivity index (χ4v) is 3.40. The molecule has 4 nitrogen and oxygen atoms in total. The van der Waals surface area contributed by atoms with Crippen molar-refractivity contribution in [1.82, 2.24) is 4.72 Å². The fraction of sp³-hybridized carbons (Fsp3) is 0.571. The summed E-state index contributed by atoms with van der Waals surface area (Å²) in [5, 5.41) is 9.17. The molecular weight excluding hydrogens is 281 g/mol. The molecule has 1 aromatic carbocycles. The molecule has 2 N–H and O–H groups in total. The Hall–Kier alpha value is -0.980. The highest BCUT2D eigenvalue weighted by molar-refractivity contribution is 7.89. The van der Waals surface area contributed by atoms with Gasteiger partial charge < -0.3 is 5.11 Å². The van der Waals surface area contributed by atoms with E-state index in [0.29, 0.717) is 12.3 Å². The average Bonchev–Trinajstić information content (AvgIpc) is 2.36. The van der Waals surface area contributed by atoms with Gasteiger partial charge in [-0.3, -0.25) is 0 Å². The number of hydrogen-bond acceptors (Lipinski definition) is 3. The number of benzene rings is 1. The molecule has 1 rings (SSSR count). The van der Waals surface area contributed by atoms with Crippen LogP contribution >= 0.6 is 0 Å². The molecule has 0 spiro atoms. The molecule has 0 amide bonds. The van der Waals surface area contributed by atoms with E-state index in [0.717, 1.165) is 18.6 Å². The molecule has 0 fully saturated rings. The molecule has 1 atom stereocenters. The van der Waals surface area contributed by atoms with Gasteiger partial charge in [0.2, 0.25) is 10.0 Å². The van der Waals surface area contributed by atoms with E-state index in [1.54, 1.807) is 6.92 Å². The van der Waals surface area contributed by atoms with Crippen molar-refractivity contribution < 1.29 is 17.9 Å². The topological polar surface area (TPSA) is 66.4 Å². The highest BCUT2D eigenvalue weighted by Gasteiger charge is 2.21. The molecule has 1 aromatic rings. The van der Waals surface area contributed by atoms with E-state index in [-0.39, 0.29) is 16.5 Å². The number of aliphatic hydroxyl groups excluding tert-OH is 1. The van der Waals surface area contributed by atoms with Crippen LogP contribution in [-0.2, 0) is 16.6 Å². The van der Waals surface area contributed by atoms with Crippen LogP contribution in [0.25, 0.3) is 0 Å². The lowest BCUT2D eigenvalue weighted by atomic mass is 10.1. The number of nitrogens with one attached hydrogen (secondary N) is 1. The van der Waals surface area contributed by atoms with E-state index < -0.39 is 22.4 Å². The fourth-order valence-electron chi connectivity index (χ4n) is 1.88. The maximum Gasteiger partial charge on any atom is 0.241 e. The third kappa shape index (κ3) is 4.85. The van der Waals surface area contributed by atoms with Crippen LogP contribution in [0.4, 0.5) is 4.39 Å². The smallest absolute Gasteiger partial charge is 0.241 e. The standard InChI is InChI=1S/C14H22FNO3S/c1-10(2)4-5-11(3)16-20(18,19)14-8-13(15)7-6-12(14)9-17/h6-8,10-11,16-17H,4-5,9H2,1-3H3. The predicted molar refractivity (Wildman–Crippen MR) is 76.2 cm³/mol. The molecule has 20 heavy (non-hydrogen) atoms. The first-order chi connectivity index (χ1) is 9.26. The monoisotopic (exact) mass is 303 g/mol. The Morgan fingerprint density at radius 2 is 1.90 bits per heavy atom. The maximum atomic E-state index is 13.2. The number of sulfonamides is 1. The molecule has 0 radical (unpaired) electrons. The second-order valence-electron chi connectivity index (χ2n) is 5.40. The van der Waals surface area contributed by atoms with E-state index in [2.05, 4.69) is 18.6 Å². The zero-order valence-electron chi connectivity index (χ0n) is 12.1. The van der Waals surface area contributed by atoms with Gasteiger partial charge in [-0.25, -0.2) is 17.5 Å². The molecule has 0 aromatic heterocycles. The van der Waals surface area contributed by atoms with Gasteiger partial charge in [-0.05, 0) is 43.4 Å². The van der Waals surface area contributed by atoms with Gasteiger partial charge in [0.1, 0.15) is 5.82 Å². The lowest BCUT2D eigenvalue weighted by molar-refractivity contribution is 0.278. The van der Waals surface area contributed by atoms with Gasteiger partial charge >= 0.3 is 0 Å². The van der Waals surface area contributed by atoms with Crippen molar-refractivity contribution in [2.45, 2.75) is 51.2 Å². The van der Waals surface area contributed by atoms with E-state index in [4.69, 9.17) is 5.11 Å². The van der Waals surface area contributed by atoms with Crippen molar-refractivity contribution in [2.75, 3.05) is 0 Å². The van der Waals surface area contributed by atoms with Crippen LogP contribution in [-0.4, -0.2) is 19.6 Å². The van der Waals surface area contributed by atoms with Crippen LogP contribution in [0.5, 0.6) is 0 Å². The Morgan fingerprint density at radius 1 is 1.25 bits per heavy atom. The second-order valence-corrected chi connectivity index (χ2v) is 7.09. The predicted octanol–water partition coefficient (Wildman–Crippen LogP) is 2.42. The van der Waals surface area contributed by atoms with Crippen molar-refractivity contribution in [3.05, 3.63) is 29.6 Å². The highest BCUT2D eigenvalue weighted by atomic mass is 32.2. The number of hydrogen-bond donors (Lipinski definition) is 2. The van der Waals surface area contributed by atoms with Gasteiger partial charge in [0.15, 0.2) is 0 Å². The Morgan fingerprint density at radius 3 is 2.45 bits per heavy atom. The first-order valence-corrected chi connectivity index (χ1v) is 8.16. The van der Waals surface area contributed by atoms with Crippen molar-refractivity contribution in [3.8, 4) is 0 Å². The third-order valence-corrected chi connectivity index (χ3v) is 4.69. The van der Waals surface area contributed by atoms with E-state index in [1.807, 2.05) is 0 Å². The Labute approximate surface area is 120 Å². The van der Waals surface area contributed by atoms with E-state index in [9.17, 15) is 12.8 Å². The molecule has 6 heteroatoms. The van der Waals surface area contributed by atoms with Crippen LogP contribution in [0.15, 0.2) is 23.1 Å². The highest BCUT2D eigenvalue weighted by Crippen LogP contribution is 2.18. The van der Waals surface area contributed by atoms with Gasteiger partial charge in [-0.1, -0.05) is 19.9 Å². The summed E-state index contributed by atoms with van der Waals surface area (Å²) in [4.78, 5) is -0.198. The van der Waals surface area contributed by atoms with Crippen molar-refractivity contribution >= 4 is 10.0 Å². The molecule has 0 aliphatic heterocycles. The summed E-state index contributed by atoms with van der Waals surface area (Å²) in [6, 6.07) is 3.11. The number of halogens is 1.